The van der Waals surface area contributed by atoms with Gasteiger partial charge in [-0.3, -0.25) is 4.90 Å². The molecule has 1 aromatic rings. The van der Waals surface area contributed by atoms with Crippen molar-refractivity contribution >= 4 is 0 Å². The fraction of sp³-hybridized carbons (Fsp3) is 0.765. The highest BCUT2D eigenvalue weighted by atomic mass is 16.3. The molecule has 3 nitrogen and oxygen atoms in total. The second-order valence-electron chi connectivity index (χ2n) is 6.31. The molecule has 0 aromatic carbocycles. The molecular weight excluding hydrogens is 248 g/mol. The molecule has 0 amide bonds. The maximum Gasteiger partial charge on any atom is 0.122 e. The smallest absolute Gasteiger partial charge is 0.122 e. The summed E-state index contributed by atoms with van der Waals surface area (Å²) in [5.41, 5.74) is 1.36. The second kappa shape index (κ2) is 7.84. The Morgan fingerprint density at radius 3 is 3.00 bits per heavy atom. The van der Waals surface area contributed by atoms with E-state index >= 15 is 0 Å². The van der Waals surface area contributed by atoms with Crippen molar-refractivity contribution in [2.45, 2.75) is 78.0 Å². The van der Waals surface area contributed by atoms with Crippen LogP contribution in [-0.2, 0) is 13.1 Å². The molecule has 2 heterocycles. The lowest BCUT2D eigenvalue weighted by atomic mass is 9.97. The van der Waals surface area contributed by atoms with Gasteiger partial charge in [-0.2, -0.15) is 0 Å². The molecule has 1 atom stereocenters. The zero-order valence-electron chi connectivity index (χ0n) is 13.3. The van der Waals surface area contributed by atoms with Crippen molar-refractivity contribution in [2.75, 3.05) is 6.54 Å². The second-order valence-corrected chi connectivity index (χ2v) is 6.31. The minimum Gasteiger partial charge on any atom is -0.468 e. The molecule has 114 valence electrons. The van der Waals surface area contributed by atoms with Gasteiger partial charge in [-0.25, -0.2) is 0 Å². The fourth-order valence-corrected chi connectivity index (χ4v) is 3.11. The molecule has 0 bridgehead atoms. The predicted octanol–water partition coefficient (Wildman–Crippen LogP) is 3.93. The van der Waals surface area contributed by atoms with Gasteiger partial charge in [-0.05, 0) is 31.9 Å². The van der Waals surface area contributed by atoms with Crippen LogP contribution in [0.3, 0.4) is 0 Å². The van der Waals surface area contributed by atoms with Gasteiger partial charge in [0.2, 0.25) is 0 Å². The normalized spacial score (nSPS) is 20.7. The first kappa shape index (κ1) is 15.6. The number of furan rings is 1. The Morgan fingerprint density at radius 2 is 2.25 bits per heavy atom. The minimum atomic E-state index is 0.496. The Bertz CT molecular complexity index is 384. The number of piperidine rings is 1. The zero-order chi connectivity index (χ0) is 14.4. The van der Waals surface area contributed by atoms with Crippen LogP contribution in [0.5, 0.6) is 0 Å². The lowest BCUT2D eigenvalue weighted by molar-refractivity contribution is 0.130. The molecule has 3 heteroatoms. The Balaban J connectivity index is 1.95. The molecule has 20 heavy (non-hydrogen) atoms. The van der Waals surface area contributed by atoms with E-state index in [0.717, 1.165) is 24.9 Å². The summed E-state index contributed by atoms with van der Waals surface area (Å²) < 4.78 is 5.66. The van der Waals surface area contributed by atoms with Gasteiger partial charge in [0.05, 0.1) is 12.8 Å². The molecule has 1 aliphatic heterocycles. The molecule has 1 saturated heterocycles. The van der Waals surface area contributed by atoms with Crippen LogP contribution in [0.1, 0.15) is 64.2 Å². The highest BCUT2D eigenvalue weighted by molar-refractivity contribution is 5.17. The van der Waals surface area contributed by atoms with E-state index in [1.54, 1.807) is 0 Å². The summed E-state index contributed by atoms with van der Waals surface area (Å²) in [7, 11) is 0. The topological polar surface area (TPSA) is 28.4 Å². The van der Waals surface area contributed by atoms with Crippen molar-refractivity contribution < 1.29 is 4.42 Å². The molecule has 2 rings (SSSR count). The summed E-state index contributed by atoms with van der Waals surface area (Å²) in [4.78, 5) is 2.66. The van der Waals surface area contributed by atoms with Crippen LogP contribution in [0.15, 0.2) is 16.7 Å². The minimum absolute atomic E-state index is 0.496. The summed E-state index contributed by atoms with van der Waals surface area (Å²) >= 11 is 0. The number of hydrogen-bond donors (Lipinski definition) is 1. The summed E-state index contributed by atoms with van der Waals surface area (Å²) in [5, 5.41) is 3.45. The van der Waals surface area contributed by atoms with Gasteiger partial charge in [0.25, 0.3) is 0 Å². The SMILES string of the molecule is CCCC1CCCCN1Cc1ccoc1CNC(C)C. The van der Waals surface area contributed by atoms with E-state index in [4.69, 9.17) is 4.42 Å². The van der Waals surface area contributed by atoms with Crippen LogP contribution in [0, 0.1) is 0 Å². The number of hydrogen-bond acceptors (Lipinski definition) is 3. The zero-order valence-corrected chi connectivity index (χ0v) is 13.3. The Kier molecular flexibility index (Phi) is 6.11. The van der Waals surface area contributed by atoms with Gasteiger partial charge in [-0.15, -0.1) is 0 Å². The van der Waals surface area contributed by atoms with Crippen LogP contribution >= 0.6 is 0 Å². The molecule has 1 fully saturated rings. The molecule has 0 saturated carbocycles. The van der Waals surface area contributed by atoms with E-state index < -0.39 is 0 Å². The monoisotopic (exact) mass is 278 g/mol. The molecule has 1 unspecified atom stereocenters. The predicted molar refractivity (Wildman–Crippen MR) is 83.6 cm³/mol. The van der Waals surface area contributed by atoms with E-state index in [0.29, 0.717) is 6.04 Å². The molecule has 0 spiro atoms. The molecule has 1 aromatic heterocycles. The van der Waals surface area contributed by atoms with E-state index in [1.165, 1.54) is 44.2 Å². The van der Waals surface area contributed by atoms with Crippen molar-refractivity contribution in [3.63, 3.8) is 0 Å². The maximum atomic E-state index is 5.66. The van der Waals surface area contributed by atoms with Crippen LogP contribution in [0.25, 0.3) is 0 Å². The van der Waals surface area contributed by atoms with Crippen LogP contribution in [-0.4, -0.2) is 23.5 Å². The van der Waals surface area contributed by atoms with Gasteiger partial charge in [-0.1, -0.05) is 33.6 Å². The molecule has 1 aliphatic rings. The van der Waals surface area contributed by atoms with Gasteiger partial charge in [0.15, 0.2) is 0 Å². The maximum absolute atomic E-state index is 5.66. The third-order valence-corrected chi connectivity index (χ3v) is 4.25. The largest absolute Gasteiger partial charge is 0.468 e. The third kappa shape index (κ3) is 4.35. The lowest BCUT2D eigenvalue weighted by Crippen LogP contribution is -2.39. The lowest BCUT2D eigenvalue weighted by Gasteiger charge is -2.35. The van der Waals surface area contributed by atoms with Crippen molar-refractivity contribution in [3.8, 4) is 0 Å². The van der Waals surface area contributed by atoms with Crippen LogP contribution in [0.4, 0.5) is 0 Å². The first-order chi connectivity index (χ1) is 9.70. The highest BCUT2D eigenvalue weighted by Gasteiger charge is 2.22. The van der Waals surface area contributed by atoms with E-state index in [9.17, 15) is 0 Å². The highest BCUT2D eigenvalue weighted by Crippen LogP contribution is 2.24. The number of rotatable bonds is 7. The standard InChI is InChI=1S/C17H30N2O/c1-4-7-16-8-5-6-10-19(16)13-15-9-11-20-17(15)12-18-14(2)3/h9,11,14,16,18H,4-8,10,12-13H2,1-3H3. The average molecular weight is 278 g/mol. The van der Waals surface area contributed by atoms with Gasteiger partial charge in [0, 0.05) is 24.2 Å². The molecule has 0 aliphatic carbocycles. The quantitative estimate of drug-likeness (QED) is 0.819. The first-order valence-electron chi connectivity index (χ1n) is 8.23. The number of nitrogens with zero attached hydrogens (tertiary/aromatic N) is 1. The number of likely N-dealkylation sites (tertiary alicyclic amines) is 1. The van der Waals surface area contributed by atoms with Gasteiger partial charge < -0.3 is 9.73 Å². The van der Waals surface area contributed by atoms with Crippen molar-refractivity contribution in [3.05, 3.63) is 23.7 Å². The third-order valence-electron chi connectivity index (χ3n) is 4.25. The summed E-state index contributed by atoms with van der Waals surface area (Å²) in [5.74, 6) is 1.11. The van der Waals surface area contributed by atoms with Crippen molar-refractivity contribution in [1.29, 1.82) is 0 Å². The van der Waals surface area contributed by atoms with E-state index in [-0.39, 0.29) is 0 Å². The Labute approximate surface area is 123 Å². The van der Waals surface area contributed by atoms with Crippen molar-refractivity contribution in [2.24, 2.45) is 0 Å². The average Bonchev–Trinajstić information content (AvgIpc) is 2.86. The van der Waals surface area contributed by atoms with E-state index in [1.807, 2.05) is 6.26 Å². The molecule has 1 N–H and O–H groups in total. The van der Waals surface area contributed by atoms with Gasteiger partial charge in [0.1, 0.15) is 5.76 Å². The first-order valence-corrected chi connectivity index (χ1v) is 8.23. The van der Waals surface area contributed by atoms with Crippen LogP contribution < -0.4 is 5.32 Å². The summed E-state index contributed by atoms with van der Waals surface area (Å²) in [6.45, 7) is 9.77. The molecular formula is C17H30N2O. The van der Waals surface area contributed by atoms with Crippen molar-refractivity contribution in [1.82, 2.24) is 10.2 Å². The summed E-state index contributed by atoms with van der Waals surface area (Å²) in [6, 6.07) is 3.42. The van der Waals surface area contributed by atoms with Crippen LogP contribution in [0.2, 0.25) is 0 Å². The molecule has 0 radical (unpaired) electrons. The Hall–Kier alpha value is -0.800. The van der Waals surface area contributed by atoms with E-state index in [2.05, 4.69) is 37.1 Å². The van der Waals surface area contributed by atoms with Gasteiger partial charge >= 0.3 is 0 Å². The summed E-state index contributed by atoms with van der Waals surface area (Å²) in [6.07, 6.45) is 8.56. The number of nitrogens with one attached hydrogen (secondary N) is 1. The Morgan fingerprint density at radius 1 is 1.40 bits per heavy atom. The fourth-order valence-electron chi connectivity index (χ4n) is 3.11.